The molecule has 2 rings (SSSR count). The molecule has 0 bridgehead atoms. The van der Waals surface area contributed by atoms with Crippen molar-refractivity contribution in [3.8, 4) is 0 Å². The number of amides is 1. The summed E-state index contributed by atoms with van der Waals surface area (Å²) >= 11 is 0. The van der Waals surface area contributed by atoms with Gasteiger partial charge in [-0.15, -0.1) is 0 Å². The van der Waals surface area contributed by atoms with Crippen LogP contribution in [0.5, 0.6) is 0 Å². The molecule has 1 atom stereocenters. The number of carbonyl (C=O) groups excluding carboxylic acids is 1. The standard InChI is InChI=1S/C15H21N3O2/c1-10(13(19)17-15(2,3)4)18(5)14-16-11-8-6-7-9-12(11)20-14/h6-10H,1-5H3,(H,17,19). The lowest BCUT2D eigenvalue weighted by atomic mass is 10.1. The topological polar surface area (TPSA) is 58.4 Å². The summed E-state index contributed by atoms with van der Waals surface area (Å²) in [4.78, 5) is 18.3. The van der Waals surface area contributed by atoms with Crippen LogP contribution in [0.25, 0.3) is 11.1 Å². The van der Waals surface area contributed by atoms with Crippen LogP contribution in [-0.4, -0.2) is 29.5 Å². The van der Waals surface area contributed by atoms with Crippen LogP contribution in [0.4, 0.5) is 6.01 Å². The summed E-state index contributed by atoms with van der Waals surface area (Å²) in [6.45, 7) is 7.70. The molecular formula is C15H21N3O2. The fourth-order valence-electron chi connectivity index (χ4n) is 1.83. The molecule has 5 nitrogen and oxygen atoms in total. The van der Waals surface area contributed by atoms with E-state index in [1.807, 2.05) is 52.0 Å². The van der Waals surface area contributed by atoms with E-state index in [-0.39, 0.29) is 17.5 Å². The molecule has 108 valence electrons. The van der Waals surface area contributed by atoms with E-state index >= 15 is 0 Å². The molecule has 0 saturated carbocycles. The number of nitrogens with one attached hydrogen (secondary N) is 1. The molecule has 1 aromatic heterocycles. The third kappa shape index (κ3) is 3.10. The van der Waals surface area contributed by atoms with Gasteiger partial charge in [0.2, 0.25) is 5.91 Å². The lowest BCUT2D eigenvalue weighted by Crippen LogP contribution is -2.50. The van der Waals surface area contributed by atoms with Crippen molar-refractivity contribution in [1.82, 2.24) is 10.3 Å². The molecule has 1 N–H and O–H groups in total. The molecule has 1 unspecified atom stereocenters. The SMILES string of the molecule is CC(C(=O)NC(C)(C)C)N(C)c1nc2ccccc2o1. The summed E-state index contributed by atoms with van der Waals surface area (Å²) in [5, 5.41) is 2.95. The highest BCUT2D eigenvalue weighted by atomic mass is 16.4. The highest BCUT2D eigenvalue weighted by molar-refractivity contribution is 5.85. The molecule has 1 heterocycles. The first kappa shape index (κ1) is 14.4. The smallest absolute Gasteiger partial charge is 0.298 e. The van der Waals surface area contributed by atoms with E-state index in [0.29, 0.717) is 6.01 Å². The number of likely N-dealkylation sites (N-methyl/N-ethyl adjacent to an activating group) is 1. The molecule has 5 heteroatoms. The van der Waals surface area contributed by atoms with Gasteiger partial charge < -0.3 is 14.6 Å². The van der Waals surface area contributed by atoms with Crippen molar-refractivity contribution >= 4 is 23.0 Å². The molecule has 0 radical (unpaired) electrons. The van der Waals surface area contributed by atoms with Gasteiger partial charge in [-0.2, -0.15) is 4.98 Å². The van der Waals surface area contributed by atoms with Crippen LogP contribution in [0.15, 0.2) is 28.7 Å². The van der Waals surface area contributed by atoms with Gasteiger partial charge in [-0.3, -0.25) is 4.79 Å². The van der Waals surface area contributed by atoms with E-state index in [0.717, 1.165) is 11.1 Å². The largest absolute Gasteiger partial charge is 0.423 e. The number of rotatable bonds is 3. The Morgan fingerprint density at radius 1 is 1.35 bits per heavy atom. The zero-order valence-electron chi connectivity index (χ0n) is 12.6. The van der Waals surface area contributed by atoms with Crippen molar-refractivity contribution < 1.29 is 9.21 Å². The molecule has 20 heavy (non-hydrogen) atoms. The Morgan fingerprint density at radius 3 is 2.60 bits per heavy atom. The fourth-order valence-corrected chi connectivity index (χ4v) is 1.83. The van der Waals surface area contributed by atoms with Crippen molar-refractivity contribution in [3.63, 3.8) is 0 Å². The van der Waals surface area contributed by atoms with Crippen molar-refractivity contribution in [2.45, 2.75) is 39.3 Å². The van der Waals surface area contributed by atoms with Gasteiger partial charge >= 0.3 is 0 Å². The Kier molecular flexibility index (Phi) is 3.70. The first-order valence-corrected chi connectivity index (χ1v) is 6.68. The van der Waals surface area contributed by atoms with E-state index in [4.69, 9.17) is 4.42 Å². The number of hydrogen-bond donors (Lipinski definition) is 1. The van der Waals surface area contributed by atoms with Crippen LogP contribution in [0, 0.1) is 0 Å². The second-order valence-electron chi connectivity index (χ2n) is 5.99. The third-order valence-corrected chi connectivity index (χ3v) is 3.04. The lowest BCUT2D eigenvalue weighted by Gasteiger charge is -2.27. The zero-order chi connectivity index (χ0) is 14.9. The van der Waals surface area contributed by atoms with E-state index in [2.05, 4.69) is 10.3 Å². The van der Waals surface area contributed by atoms with E-state index in [1.54, 1.807) is 11.9 Å². The van der Waals surface area contributed by atoms with Gasteiger partial charge in [-0.05, 0) is 39.8 Å². The predicted molar refractivity (Wildman–Crippen MR) is 79.8 cm³/mol. The summed E-state index contributed by atoms with van der Waals surface area (Å²) in [6, 6.07) is 7.64. The minimum Gasteiger partial charge on any atom is -0.423 e. The Balaban J connectivity index is 2.17. The van der Waals surface area contributed by atoms with Gasteiger partial charge in [0.1, 0.15) is 11.6 Å². The van der Waals surface area contributed by atoms with Gasteiger partial charge in [0, 0.05) is 12.6 Å². The van der Waals surface area contributed by atoms with Crippen LogP contribution in [-0.2, 0) is 4.79 Å². The predicted octanol–water partition coefficient (Wildman–Crippen LogP) is 2.57. The maximum Gasteiger partial charge on any atom is 0.298 e. The normalized spacial score (nSPS) is 13.2. The van der Waals surface area contributed by atoms with Crippen LogP contribution < -0.4 is 10.2 Å². The molecule has 0 aliphatic heterocycles. The maximum absolute atomic E-state index is 12.2. The number of para-hydroxylation sites is 2. The number of hydrogen-bond acceptors (Lipinski definition) is 4. The Morgan fingerprint density at radius 2 is 2.00 bits per heavy atom. The van der Waals surface area contributed by atoms with Gasteiger partial charge in [-0.1, -0.05) is 12.1 Å². The molecule has 1 amide bonds. The van der Waals surface area contributed by atoms with Crippen LogP contribution in [0.3, 0.4) is 0 Å². The maximum atomic E-state index is 12.2. The Labute approximate surface area is 119 Å². The summed E-state index contributed by atoms with van der Waals surface area (Å²) < 4.78 is 5.67. The molecule has 0 aliphatic rings. The van der Waals surface area contributed by atoms with Crippen molar-refractivity contribution in [1.29, 1.82) is 0 Å². The summed E-state index contributed by atoms with van der Waals surface area (Å²) in [5.74, 6) is -0.0535. The van der Waals surface area contributed by atoms with Gasteiger partial charge in [0.05, 0.1) is 0 Å². The lowest BCUT2D eigenvalue weighted by molar-refractivity contribution is -0.123. The number of benzene rings is 1. The second kappa shape index (κ2) is 5.15. The number of carbonyl (C=O) groups is 1. The third-order valence-electron chi connectivity index (χ3n) is 3.04. The van der Waals surface area contributed by atoms with Crippen LogP contribution in [0.1, 0.15) is 27.7 Å². The van der Waals surface area contributed by atoms with Crippen molar-refractivity contribution in [2.75, 3.05) is 11.9 Å². The minimum atomic E-state index is -0.359. The number of nitrogens with zero attached hydrogens (tertiary/aromatic N) is 2. The van der Waals surface area contributed by atoms with E-state index in [9.17, 15) is 4.79 Å². The quantitative estimate of drug-likeness (QED) is 0.935. The summed E-state index contributed by atoms with van der Waals surface area (Å²) in [6.07, 6.45) is 0. The highest BCUT2D eigenvalue weighted by Crippen LogP contribution is 2.22. The van der Waals surface area contributed by atoms with Crippen LogP contribution >= 0.6 is 0 Å². The average molecular weight is 275 g/mol. The van der Waals surface area contributed by atoms with Gasteiger partial charge in [0.25, 0.3) is 6.01 Å². The Hall–Kier alpha value is -2.04. The summed E-state index contributed by atoms with van der Waals surface area (Å²) in [5.41, 5.74) is 1.25. The molecule has 1 aromatic carbocycles. The summed E-state index contributed by atoms with van der Waals surface area (Å²) in [7, 11) is 1.80. The van der Waals surface area contributed by atoms with E-state index < -0.39 is 0 Å². The number of anilines is 1. The molecule has 0 saturated heterocycles. The zero-order valence-corrected chi connectivity index (χ0v) is 12.6. The van der Waals surface area contributed by atoms with Gasteiger partial charge in [0.15, 0.2) is 5.58 Å². The molecule has 2 aromatic rings. The first-order chi connectivity index (χ1) is 9.28. The molecular weight excluding hydrogens is 254 g/mol. The second-order valence-corrected chi connectivity index (χ2v) is 5.99. The van der Waals surface area contributed by atoms with Crippen molar-refractivity contribution in [2.24, 2.45) is 0 Å². The number of aromatic nitrogens is 1. The first-order valence-electron chi connectivity index (χ1n) is 6.68. The molecule has 0 aliphatic carbocycles. The number of oxazole rings is 1. The van der Waals surface area contributed by atoms with Gasteiger partial charge in [-0.25, -0.2) is 0 Å². The van der Waals surface area contributed by atoms with Crippen LogP contribution in [0.2, 0.25) is 0 Å². The average Bonchev–Trinajstić information content (AvgIpc) is 2.78. The fraction of sp³-hybridized carbons (Fsp3) is 0.467. The molecule has 0 fully saturated rings. The van der Waals surface area contributed by atoms with Crippen molar-refractivity contribution in [3.05, 3.63) is 24.3 Å². The minimum absolute atomic E-state index is 0.0535. The van der Waals surface area contributed by atoms with E-state index in [1.165, 1.54) is 0 Å². The highest BCUT2D eigenvalue weighted by Gasteiger charge is 2.25. The molecule has 0 spiro atoms. The Bertz CT molecular complexity index is 580. The monoisotopic (exact) mass is 275 g/mol. The number of fused-ring (bicyclic) bond motifs is 1.